The Morgan fingerprint density at radius 3 is 2.66 bits per heavy atom. The molecule has 1 aromatic heterocycles. The molecule has 6 heteroatoms. The molecule has 32 heavy (non-hydrogen) atoms. The third kappa shape index (κ3) is 3.78. The number of imidazole rings is 1. The van der Waals surface area contributed by atoms with Gasteiger partial charge in [0.25, 0.3) is 0 Å². The second-order valence-electron chi connectivity index (χ2n) is 8.48. The number of halogens is 2. The monoisotopic (exact) mass is 463 g/mol. The molecule has 4 aromatic rings. The third-order valence-electron chi connectivity index (χ3n) is 6.17. The van der Waals surface area contributed by atoms with E-state index in [1.807, 2.05) is 42.2 Å². The molecule has 1 aliphatic heterocycles. The summed E-state index contributed by atoms with van der Waals surface area (Å²) in [6.07, 6.45) is 0.436. The number of carbonyl (C=O) groups is 1. The number of para-hydroxylation sites is 2. The Morgan fingerprint density at radius 1 is 1.03 bits per heavy atom. The fourth-order valence-electron chi connectivity index (χ4n) is 4.52. The first-order chi connectivity index (χ1) is 15.4. The van der Waals surface area contributed by atoms with Gasteiger partial charge in [-0.05, 0) is 60.9 Å². The Hall–Kier alpha value is -2.82. The lowest BCUT2D eigenvalue weighted by Gasteiger charge is -2.20. The molecule has 1 aliphatic rings. The van der Waals surface area contributed by atoms with E-state index in [4.69, 9.17) is 28.2 Å². The van der Waals surface area contributed by atoms with Gasteiger partial charge in [-0.1, -0.05) is 53.5 Å². The standard InChI is InChI=1S/C26H23Cl2N3O/c1-16-7-8-17(2)24(11-16)30-15-19(12-25(30)32)26-29-22-5-3-4-6-23(22)31(26)14-18-9-10-20(27)13-21(18)28/h3-11,13,19H,12,14-15H2,1-2H3. The summed E-state index contributed by atoms with van der Waals surface area (Å²) in [4.78, 5) is 19.9. The summed E-state index contributed by atoms with van der Waals surface area (Å²) < 4.78 is 2.19. The molecule has 1 saturated heterocycles. The van der Waals surface area contributed by atoms with E-state index in [-0.39, 0.29) is 11.8 Å². The number of nitrogens with zero attached hydrogens (tertiary/aromatic N) is 3. The van der Waals surface area contributed by atoms with Gasteiger partial charge in [0.1, 0.15) is 5.82 Å². The largest absolute Gasteiger partial charge is 0.323 e. The highest BCUT2D eigenvalue weighted by Gasteiger charge is 2.35. The number of anilines is 1. The van der Waals surface area contributed by atoms with Crippen LogP contribution in [-0.4, -0.2) is 22.0 Å². The van der Waals surface area contributed by atoms with Crippen molar-refractivity contribution >= 4 is 45.8 Å². The molecule has 1 unspecified atom stereocenters. The van der Waals surface area contributed by atoms with Crippen molar-refractivity contribution in [1.82, 2.24) is 9.55 Å². The molecule has 1 fully saturated rings. The zero-order valence-corrected chi connectivity index (χ0v) is 19.5. The van der Waals surface area contributed by atoms with Gasteiger partial charge in [0.05, 0.1) is 17.6 Å². The quantitative estimate of drug-likeness (QED) is 0.345. The summed E-state index contributed by atoms with van der Waals surface area (Å²) in [7, 11) is 0. The summed E-state index contributed by atoms with van der Waals surface area (Å²) in [5, 5.41) is 1.24. The number of rotatable bonds is 4. The highest BCUT2D eigenvalue weighted by molar-refractivity contribution is 6.35. The second-order valence-corrected chi connectivity index (χ2v) is 9.32. The van der Waals surface area contributed by atoms with Gasteiger partial charge in [-0.3, -0.25) is 4.79 Å². The van der Waals surface area contributed by atoms with Crippen molar-refractivity contribution in [2.24, 2.45) is 0 Å². The molecule has 0 radical (unpaired) electrons. The van der Waals surface area contributed by atoms with Crippen LogP contribution in [0.1, 0.15) is 34.9 Å². The number of carbonyl (C=O) groups excluding carboxylic acids is 1. The first-order valence-electron chi connectivity index (χ1n) is 10.7. The summed E-state index contributed by atoms with van der Waals surface area (Å²) in [6, 6.07) is 19.9. The van der Waals surface area contributed by atoms with Gasteiger partial charge in [-0.2, -0.15) is 0 Å². The molecule has 0 bridgehead atoms. The molecule has 162 valence electrons. The zero-order chi connectivity index (χ0) is 22.4. The number of fused-ring (bicyclic) bond motifs is 1. The molecule has 1 atom stereocenters. The molecular formula is C26H23Cl2N3O. The molecule has 0 saturated carbocycles. The lowest BCUT2D eigenvalue weighted by Crippen LogP contribution is -2.25. The molecule has 0 aliphatic carbocycles. The average molecular weight is 464 g/mol. The van der Waals surface area contributed by atoms with E-state index < -0.39 is 0 Å². The maximum absolute atomic E-state index is 13.1. The van der Waals surface area contributed by atoms with Crippen LogP contribution in [0.3, 0.4) is 0 Å². The van der Waals surface area contributed by atoms with E-state index >= 15 is 0 Å². The topological polar surface area (TPSA) is 38.1 Å². The molecule has 5 rings (SSSR count). The number of aryl methyl sites for hydroxylation is 2. The molecule has 0 spiro atoms. The van der Waals surface area contributed by atoms with Crippen LogP contribution in [0, 0.1) is 13.8 Å². The number of aromatic nitrogens is 2. The molecule has 3 aromatic carbocycles. The van der Waals surface area contributed by atoms with Gasteiger partial charge < -0.3 is 9.47 Å². The minimum atomic E-state index is 0.000822. The number of hydrogen-bond acceptors (Lipinski definition) is 2. The van der Waals surface area contributed by atoms with Crippen molar-refractivity contribution in [3.8, 4) is 0 Å². The van der Waals surface area contributed by atoms with Crippen LogP contribution in [0.15, 0.2) is 60.7 Å². The van der Waals surface area contributed by atoms with Gasteiger partial charge >= 0.3 is 0 Å². The molecule has 1 amide bonds. The first kappa shape index (κ1) is 21.0. The van der Waals surface area contributed by atoms with Crippen LogP contribution in [0.4, 0.5) is 5.69 Å². The van der Waals surface area contributed by atoms with Crippen molar-refractivity contribution in [2.45, 2.75) is 32.7 Å². The van der Waals surface area contributed by atoms with Crippen LogP contribution < -0.4 is 4.90 Å². The minimum Gasteiger partial charge on any atom is -0.323 e. The van der Waals surface area contributed by atoms with E-state index in [1.54, 1.807) is 6.07 Å². The highest BCUT2D eigenvalue weighted by Crippen LogP contribution is 2.35. The minimum absolute atomic E-state index is 0.000822. The fraction of sp³-hybridized carbons (Fsp3) is 0.231. The van der Waals surface area contributed by atoms with E-state index in [2.05, 4.69) is 35.8 Å². The van der Waals surface area contributed by atoms with Crippen LogP contribution >= 0.6 is 23.2 Å². The summed E-state index contributed by atoms with van der Waals surface area (Å²) >= 11 is 12.6. The maximum Gasteiger partial charge on any atom is 0.227 e. The average Bonchev–Trinajstić information content (AvgIpc) is 3.32. The Labute approximate surface area is 197 Å². The van der Waals surface area contributed by atoms with E-state index in [0.29, 0.717) is 29.6 Å². The van der Waals surface area contributed by atoms with Gasteiger partial charge in [-0.25, -0.2) is 4.98 Å². The Morgan fingerprint density at radius 2 is 1.84 bits per heavy atom. The van der Waals surface area contributed by atoms with Gasteiger partial charge in [0.15, 0.2) is 0 Å². The predicted molar refractivity (Wildman–Crippen MR) is 131 cm³/mol. The van der Waals surface area contributed by atoms with Crippen molar-refractivity contribution < 1.29 is 4.79 Å². The second kappa shape index (κ2) is 8.27. The highest BCUT2D eigenvalue weighted by atomic mass is 35.5. The SMILES string of the molecule is Cc1ccc(C)c(N2CC(c3nc4ccccc4n3Cc3ccc(Cl)cc3Cl)CC2=O)c1. The molecule has 0 N–H and O–H groups in total. The normalized spacial score (nSPS) is 16.3. The lowest BCUT2D eigenvalue weighted by atomic mass is 10.1. The van der Waals surface area contributed by atoms with Crippen LogP contribution in [-0.2, 0) is 11.3 Å². The number of hydrogen-bond donors (Lipinski definition) is 0. The maximum atomic E-state index is 13.1. The number of benzene rings is 3. The van der Waals surface area contributed by atoms with Crippen LogP contribution in [0.5, 0.6) is 0 Å². The van der Waals surface area contributed by atoms with Crippen LogP contribution in [0.2, 0.25) is 10.0 Å². The van der Waals surface area contributed by atoms with E-state index in [0.717, 1.165) is 39.2 Å². The first-order valence-corrected chi connectivity index (χ1v) is 11.4. The summed E-state index contributed by atoms with van der Waals surface area (Å²) in [6.45, 7) is 5.28. The smallest absolute Gasteiger partial charge is 0.227 e. The molecular weight excluding hydrogens is 441 g/mol. The predicted octanol–water partition coefficient (Wildman–Crippen LogP) is 6.53. The van der Waals surface area contributed by atoms with Gasteiger partial charge in [0, 0.05) is 34.6 Å². The van der Waals surface area contributed by atoms with E-state index in [9.17, 15) is 4.79 Å². The Bertz CT molecular complexity index is 1340. The molecule has 4 nitrogen and oxygen atoms in total. The van der Waals surface area contributed by atoms with E-state index in [1.165, 1.54) is 0 Å². The Kier molecular flexibility index (Phi) is 5.44. The number of amides is 1. The lowest BCUT2D eigenvalue weighted by molar-refractivity contribution is -0.117. The fourth-order valence-corrected chi connectivity index (χ4v) is 4.98. The molecule has 2 heterocycles. The summed E-state index contributed by atoms with van der Waals surface area (Å²) in [5.41, 5.74) is 6.16. The van der Waals surface area contributed by atoms with Crippen molar-refractivity contribution in [2.75, 3.05) is 11.4 Å². The van der Waals surface area contributed by atoms with Gasteiger partial charge in [0.2, 0.25) is 5.91 Å². The van der Waals surface area contributed by atoms with Crippen molar-refractivity contribution in [3.05, 3.63) is 93.2 Å². The summed E-state index contributed by atoms with van der Waals surface area (Å²) in [5.74, 6) is 1.05. The van der Waals surface area contributed by atoms with Crippen LogP contribution in [0.25, 0.3) is 11.0 Å². The van der Waals surface area contributed by atoms with Crippen molar-refractivity contribution in [3.63, 3.8) is 0 Å². The van der Waals surface area contributed by atoms with Gasteiger partial charge in [-0.15, -0.1) is 0 Å². The van der Waals surface area contributed by atoms with Crippen molar-refractivity contribution in [1.29, 1.82) is 0 Å². The Balaban J connectivity index is 1.55. The third-order valence-corrected chi connectivity index (χ3v) is 6.76. The zero-order valence-electron chi connectivity index (χ0n) is 18.0.